The Morgan fingerprint density at radius 2 is 1.63 bits per heavy atom. The Morgan fingerprint density at radius 3 is 2.05 bits per heavy atom. The topological polar surface area (TPSA) is 77.9 Å². The van der Waals surface area contributed by atoms with Crippen LogP contribution < -0.4 is 0 Å². The third kappa shape index (κ3) is 6.63. The molecular weight excluding hydrogens is 269 g/mol. The van der Waals surface area contributed by atoms with E-state index in [0.29, 0.717) is 4.90 Å². The van der Waals surface area contributed by atoms with Crippen molar-refractivity contribution >= 4 is 17.8 Å². The number of carboxylic acids is 1. The van der Waals surface area contributed by atoms with Crippen molar-refractivity contribution in [1.82, 2.24) is 9.80 Å². The molecule has 0 fully saturated rings. The van der Waals surface area contributed by atoms with E-state index < -0.39 is 30.5 Å². The summed E-state index contributed by atoms with van der Waals surface area (Å²) in [5, 5.41) is 8.44. The maximum absolute atomic E-state index is 12.0. The Kier molecular flexibility index (Phi) is 6.30. The molecule has 0 aromatic carbocycles. The molecule has 1 N–H and O–H groups in total. The lowest BCUT2D eigenvalue weighted by molar-refractivity contribution is -0.184. The van der Waals surface area contributed by atoms with E-state index in [0.717, 1.165) is 11.9 Å². The molecule has 6 nitrogen and oxygen atoms in total. The van der Waals surface area contributed by atoms with Gasteiger partial charge in [0.1, 0.15) is 6.54 Å². The molecule has 0 aliphatic rings. The van der Waals surface area contributed by atoms with Crippen LogP contribution in [0.15, 0.2) is 0 Å². The van der Waals surface area contributed by atoms with E-state index in [4.69, 9.17) is 5.11 Å². The zero-order valence-corrected chi connectivity index (χ0v) is 10.5. The monoisotopic (exact) mass is 284 g/mol. The van der Waals surface area contributed by atoms with Gasteiger partial charge in [0.05, 0.1) is 0 Å². The van der Waals surface area contributed by atoms with Gasteiger partial charge in [0, 0.05) is 27.1 Å². The van der Waals surface area contributed by atoms with Crippen molar-refractivity contribution in [3.8, 4) is 0 Å². The van der Waals surface area contributed by atoms with Crippen LogP contribution in [0.1, 0.15) is 12.8 Å². The van der Waals surface area contributed by atoms with Crippen molar-refractivity contribution in [3.05, 3.63) is 0 Å². The van der Waals surface area contributed by atoms with Gasteiger partial charge in [-0.2, -0.15) is 13.2 Å². The molecule has 110 valence electrons. The summed E-state index contributed by atoms with van der Waals surface area (Å²) in [4.78, 5) is 33.9. The molecular formula is C10H15F3N2O4. The smallest absolute Gasteiger partial charge is 0.471 e. The number of hydrogen-bond donors (Lipinski definition) is 1. The quantitative estimate of drug-likeness (QED) is 0.762. The van der Waals surface area contributed by atoms with Gasteiger partial charge < -0.3 is 14.9 Å². The van der Waals surface area contributed by atoms with Gasteiger partial charge in [-0.1, -0.05) is 0 Å². The van der Waals surface area contributed by atoms with Gasteiger partial charge in [-0.05, 0) is 6.42 Å². The molecule has 0 bridgehead atoms. The number of aliphatic carboxylic acids is 1. The molecule has 0 saturated carbocycles. The summed E-state index contributed by atoms with van der Waals surface area (Å²) >= 11 is 0. The van der Waals surface area contributed by atoms with E-state index in [1.807, 2.05) is 0 Å². The minimum absolute atomic E-state index is 0.0289. The highest BCUT2D eigenvalue weighted by atomic mass is 19.4. The number of carbonyl (C=O) groups is 3. The molecule has 0 spiro atoms. The van der Waals surface area contributed by atoms with Crippen molar-refractivity contribution < 1.29 is 32.7 Å². The molecule has 0 rings (SSSR count). The van der Waals surface area contributed by atoms with E-state index >= 15 is 0 Å². The van der Waals surface area contributed by atoms with Crippen LogP contribution in [-0.2, 0) is 14.4 Å². The molecule has 9 heteroatoms. The lowest BCUT2D eigenvalue weighted by atomic mass is 10.2. The Hall–Kier alpha value is -1.80. The van der Waals surface area contributed by atoms with Crippen LogP contribution in [0.4, 0.5) is 13.2 Å². The maximum Gasteiger partial charge on any atom is 0.471 e. The zero-order valence-electron chi connectivity index (χ0n) is 10.5. The Bertz CT molecular complexity index is 357. The summed E-state index contributed by atoms with van der Waals surface area (Å²) in [5.74, 6) is -3.66. The van der Waals surface area contributed by atoms with Gasteiger partial charge in [-0.25, -0.2) is 0 Å². The lowest BCUT2D eigenvalue weighted by Gasteiger charge is -2.19. The number of carboxylic acid groups (broad SMARTS) is 1. The van der Waals surface area contributed by atoms with Gasteiger partial charge >= 0.3 is 18.1 Å². The zero-order chi connectivity index (χ0) is 15.2. The van der Waals surface area contributed by atoms with Gasteiger partial charge in [-0.3, -0.25) is 14.4 Å². The highest BCUT2D eigenvalue weighted by molar-refractivity contribution is 5.82. The molecule has 0 heterocycles. The average molecular weight is 284 g/mol. The van der Waals surface area contributed by atoms with Crippen LogP contribution in [0.5, 0.6) is 0 Å². The van der Waals surface area contributed by atoms with E-state index in [1.54, 1.807) is 0 Å². The highest BCUT2D eigenvalue weighted by Gasteiger charge is 2.40. The van der Waals surface area contributed by atoms with Gasteiger partial charge in [0.15, 0.2) is 0 Å². The first-order valence-electron chi connectivity index (χ1n) is 5.33. The van der Waals surface area contributed by atoms with Crippen molar-refractivity contribution in [2.24, 2.45) is 0 Å². The molecule has 0 radical (unpaired) electrons. The first kappa shape index (κ1) is 17.2. The summed E-state index contributed by atoms with van der Waals surface area (Å²) in [6.07, 6.45) is -5.03. The third-order valence-corrected chi connectivity index (χ3v) is 2.27. The minimum Gasteiger partial charge on any atom is -0.480 e. The molecule has 0 aliphatic carbocycles. The van der Waals surface area contributed by atoms with E-state index in [2.05, 4.69) is 0 Å². The Balaban J connectivity index is 4.07. The number of likely N-dealkylation sites (N-methyl/N-ethyl adjacent to an activating group) is 1. The van der Waals surface area contributed by atoms with E-state index in [-0.39, 0.29) is 19.4 Å². The minimum atomic E-state index is -4.93. The highest BCUT2D eigenvalue weighted by Crippen LogP contribution is 2.17. The maximum atomic E-state index is 12.0. The summed E-state index contributed by atoms with van der Waals surface area (Å²) in [6, 6.07) is 0. The number of carbonyl (C=O) groups excluding carboxylic acids is 2. The average Bonchev–Trinajstić information content (AvgIpc) is 2.25. The fraction of sp³-hybridized carbons (Fsp3) is 0.700. The number of amides is 2. The normalized spacial score (nSPS) is 11.0. The van der Waals surface area contributed by atoms with E-state index in [1.165, 1.54) is 7.05 Å². The Labute approximate surface area is 107 Å². The predicted octanol–water partition coefficient (Wildman–Crippen LogP) is 0.330. The predicted molar refractivity (Wildman–Crippen MR) is 58.2 cm³/mol. The van der Waals surface area contributed by atoms with Gasteiger partial charge in [0.25, 0.3) is 0 Å². The second kappa shape index (κ2) is 6.95. The van der Waals surface area contributed by atoms with Crippen LogP contribution in [0.2, 0.25) is 0 Å². The molecule has 0 aromatic rings. The second-order valence-corrected chi connectivity index (χ2v) is 3.97. The number of hydrogen-bond acceptors (Lipinski definition) is 3. The lowest BCUT2D eigenvalue weighted by Crippen LogP contribution is -2.39. The summed E-state index contributed by atoms with van der Waals surface area (Å²) in [6.45, 7) is -0.707. The molecule has 0 atom stereocenters. The standard InChI is InChI=1S/C10H15F3N2O4/c1-14(9(19)10(11,12)13)5-3-4-7(16)15(2)6-8(17)18/h3-6H2,1-2H3,(H,17,18). The first-order chi connectivity index (χ1) is 8.55. The summed E-state index contributed by atoms with van der Waals surface area (Å²) < 4.78 is 36.1. The second-order valence-electron chi connectivity index (χ2n) is 3.97. The molecule has 0 aromatic heterocycles. The van der Waals surface area contributed by atoms with Crippen LogP contribution in [0.25, 0.3) is 0 Å². The SMILES string of the molecule is CN(CC(=O)O)C(=O)CCCN(C)C(=O)C(F)(F)F. The van der Waals surface area contributed by atoms with Crippen molar-refractivity contribution in [2.75, 3.05) is 27.2 Å². The van der Waals surface area contributed by atoms with Crippen LogP contribution >= 0.6 is 0 Å². The van der Waals surface area contributed by atoms with E-state index in [9.17, 15) is 27.6 Å². The van der Waals surface area contributed by atoms with Crippen LogP contribution in [-0.4, -0.2) is 66.1 Å². The van der Waals surface area contributed by atoms with Crippen molar-refractivity contribution in [2.45, 2.75) is 19.0 Å². The van der Waals surface area contributed by atoms with Crippen molar-refractivity contribution in [3.63, 3.8) is 0 Å². The third-order valence-electron chi connectivity index (χ3n) is 2.27. The largest absolute Gasteiger partial charge is 0.480 e. The molecule has 0 unspecified atom stereocenters. The molecule has 2 amide bonds. The number of halogens is 3. The number of alkyl halides is 3. The van der Waals surface area contributed by atoms with Crippen LogP contribution in [0.3, 0.4) is 0 Å². The first-order valence-corrected chi connectivity index (χ1v) is 5.33. The van der Waals surface area contributed by atoms with Gasteiger partial charge in [-0.15, -0.1) is 0 Å². The fourth-order valence-corrected chi connectivity index (χ4v) is 1.27. The number of rotatable bonds is 6. The van der Waals surface area contributed by atoms with Crippen LogP contribution in [0, 0.1) is 0 Å². The summed E-state index contributed by atoms with van der Waals surface area (Å²) in [5.41, 5.74) is 0. The number of nitrogens with zero attached hydrogens (tertiary/aromatic N) is 2. The summed E-state index contributed by atoms with van der Waals surface area (Å²) in [7, 11) is 2.27. The molecule has 0 saturated heterocycles. The Morgan fingerprint density at radius 1 is 1.11 bits per heavy atom. The molecule has 0 aliphatic heterocycles. The van der Waals surface area contributed by atoms with Gasteiger partial charge in [0.2, 0.25) is 5.91 Å². The van der Waals surface area contributed by atoms with Crippen molar-refractivity contribution in [1.29, 1.82) is 0 Å². The molecule has 19 heavy (non-hydrogen) atoms. The fourth-order valence-electron chi connectivity index (χ4n) is 1.27.